The van der Waals surface area contributed by atoms with Crippen molar-refractivity contribution in [2.75, 3.05) is 12.9 Å². The molecule has 0 bridgehead atoms. The molecule has 0 heterocycles. The number of hydrogen-bond acceptors (Lipinski definition) is 5. The lowest BCUT2D eigenvalue weighted by Crippen LogP contribution is -2.28. The maximum atomic E-state index is 12.1. The van der Waals surface area contributed by atoms with Crippen LogP contribution < -0.4 is 5.32 Å². The molecule has 2 aromatic carbocycles. The Morgan fingerprint density at radius 2 is 1.73 bits per heavy atom. The molecule has 2 aromatic rings. The predicted molar refractivity (Wildman–Crippen MR) is 98.1 cm³/mol. The number of rotatable bonds is 6. The molecule has 0 atom stereocenters. The molecule has 0 saturated carbocycles. The quantitative estimate of drug-likeness (QED) is 0.732. The Kier molecular flexibility index (Phi) is 6.63. The van der Waals surface area contributed by atoms with E-state index in [9.17, 15) is 18.0 Å². The maximum absolute atomic E-state index is 12.1. The number of ether oxygens (including phenoxy) is 1. The molecule has 0 unspecified atom stereocenters. The first-order valence-corrected chi connectivity index (χ1v) is 9.99. The molecule has 0 fully saturated rings. The highest BCUT2D eigenvalue weighted by molar-refractivity contribution is 7.90. The summed E-state index contributed by atoms with van der Waals surface area (Å²) in [6, 6.07) is 10.6. The Hall–Kier alpha value is -2.09. The Bertz CT molecular complexity index is 927. The van der Waals surface area contributed by atoms with Crippen LogP contribution in [0.2, 0.25) is 10.0 Å². The van der Waals surface area contributed by atoms with E-state index in [1.165, 1.54) is 12.1 Å². The van der Waals surface area contributed by atoms with Crippen molar-refractivity contribution < 1.29 is 22.7 Å². The van der Waals surface area contributed by atoms with Gasteiger partial charge in [0.05, 0.1) is 15.5 Å². The average molecular weight is 416 g/mol. The van der Waals surface area contributed by atoms with Gasteiger partial charge in [-0.05, 0) is 35.9 Å². The largest absolute Gasteiger partial charge is 0.452 e. The second kappa shape index (κ2) is 8.53. The van der Waals surface area contributed by atoms with Crippen LogP contribution in [0.3, 0.4) is 0 Å². The van der Waals surface area contributed by atoms with Gasteiger partial charge in [-0.3, -0.25) is 4.79 Å². The van der Waals surface area contributed by atoms with Gasteiger partial charge >= 0.3 is 5.97 Å². The van der Waals surface area contributed by atoms with Crippen LogP contribution >= 0.6 is 23.2 Å². The molecule has 138 valence electrons. The Balaban J connectivity index is 1.93. The minimum atomic E-state index is -3.50. The van der Waals surface area contributed by atoms with Crippen molar-refractivity contribution in [1.82, 2.24) is 5.32 Å². The summed E-state index contributed by atoms with van der Waals surface area (Å²) in [6.07, 6.45) is 1.01. The van der Waals surface area contributed by atoms with Gasteiger partial charge in [0.2, 0.25) is 0 Å². The Morgan fingerprint density at radius 1 is 1.08 bits per heavy atom. The fourth-order valence-corrected chi connectivity index (χ4v) is 2.92. The van der Waals surface area contributed by atoms with E-state index in [2.05, 4.69) is 5.32 Å². The lowest BCUT2D eigenvalue weighted by Gasteiger charge is -2.09. The van der Waals surface area contributed by atoms with E-state index in [1.807, 2.05) is 0 Å². The lowest BCUT2D eigenvalue weighted by atomic mass is 10.2. The number of halogens is 2. The van der Waals surface area contributed by atoms with Crippen LogP contribution in [0.1, 0.15) is 15.9 Å². The zero-order chi connectivity index (χ0) is 19.3. The molecule has 2 rings (SSSR count). The molecule has 0 aliphatic heterocycles. The second-order valence-corrected chi connectivity index (χ2v) is 8.25. The van der Waals surface area contributed by atoms with Gasteiger partial charge < -0.3 is 10.1 Å². The van der Waals surface area contributed by atoms with Crippen molar-refractivity contribution in [1.29, 1.82) is 0 Å². The van der Waals surface area contributed by atoms with Gasteiger partial charge in [0.25, 0.3) is 5.91 Å². The van der Waals surface area contributed by atoms with Crippen molar-refractivity contribution in [3.05, 3.63) is 63.6 Å². The van der Waals surface area contributed by atoms with E-state index in [0.29, 0.717) is 5.02 Å². The maximum Gasteiger partial charge on any atom is 0.340 e. The van der Waals surface area contributed by atoms with Crippen LogP contribution in [-0.4, -0.2) is 33.2 Å². The summed E-state index contributed by atoms with van der Waals surface area (Å²) in [4.78, 5) is 23.8. The molecule has 6 nitrogen and oxygen atoms in total. The Morgan fingerprint density at radius 3 is 2.35 bits per heavy atom. The van der Waals surface area contributed by atoms with Crippen LogP contribution in [0.5, 0.6) is 0 Å². The monoisotopic (exact) mass is 415 g/mol. The number of sulfone groups is 1. The van der Waals surface area contributed by atoms with Gasteiger partial charge in [-0.15, -0.1) is 0 Å². The highest BCUT2D eigenvalue weighted by atomic mass is 35.5. The van der Waals surface area contributed by atoms with Crippen molar-refractivity contribution in [2.45, 2.75) is 11.4 Å². The average Bonchev–Trinajstić information content (AvgIpc) is 2.58. The third-order valence-corrected chi connectivity index (χ3v) is 5.01. The van der Waals surface area contributed by atoms with Crippen LogP contribution in [0.25, 0.3) is 0 Å². The van der Waals surface area contributed by atoms with Crippen LogP contribution in [0, 0.1) is 0 Å². The van der Waals surface area contributed by atoms with Crippen molar-refractivity contribution in [3.63, 3.8) is 0 Å². The lowest BCUT2D eigenvalue weighted by molar-refractivity contribution is -0.124. The summed E-state index contributed by atoms with van der Waals surface area (Å²) in [7, 11) is -3.50. The predicted octanol–water partition coefficient (Wildman–Crippen LogP) is 2.87. The van der Waals surface area contributed by atoms with Crippen molar-refractivity contribution in [3.8, 4) is 0 Å². The summed E-state index contributed by atoms with van der Waals surface area (Å²) in [6.45, 7) is -0.274. The first kappa shape index (κ1) is 20.2. The topological polar surface area (TPSA) is 89.5 Å². The number of amides is 1. The SMILES string of the molecule is CS(=O)(=O)c1ccc(Cl)c(C(=O)OCC(=O)NCc2ccc(Cl)cc2)c1. The van der Waals surface area contributed by atoms with E-state index in [1.54, 1.807) is 24.3 Å². The summed E-state index contributed by atoms with van der Waals surface area (Å²) >= 11 is 11.7. The zero-order valence-electron chi connectivity index (χ0n) is 13.7. The fourth-order valence-electron chi connectivity index (χ4n) is 1.95. The number of nitrogens with one attached hydrogen (secondary N) is 1. The van der Waals surface area contributed by atoms with Gasteiger partial charge in [0, 0.05) is 17.8 Å². The third kappa shape index (κ3) is 5.72. The third-order valence-electron chi connectivity index (χ3n) is 3.32. The molecule has 0 radical (unpaired) electrons. The number of esters is 1. The van der Waals surface area contributed by atoms with Gasteiger partial charge in [-0.25, -0.2) is 13.2 Å². The van der Waals surface area contributed by atoms with Crippen molar-refractivity contribution in [2.24, 2.45) is 0 Å². The number of hydrogen-bond donors (Lipinski definition) is 1. The first-order chi connectivity index (χ1) is 12.2. The molecular formula is C17H15Cl2NO5S. The van der Waals surface area contributed by atoms with Crippen LogP contribution in [0.15, 0.2) is 47.4 Å². The molecular weight excluding hydrogens is 401 g/mol. The smallest absolute Gasteiger partial charge is 0.340 e. The molecule has 26 heavy (non-hydrogen) atoms. The molecule has 0 aliphatic carbocycles. The van der Waals surface area contributed by atoms with Gasteiger partial charge in [0.1, 0.15) is 0 Å². The number of benzene rings is 2. The molecule has 1 amide bonds. The standard InChI is InChI=1S/C17H15Cl2NO5S/c1-26(23,24)13-6-7-15(19)14(8-13)17(22)25-10-16(21)20-9-11-2-4-12(18)5-3-11/h2-8H,9-10H2,1H3,(H,20,21). The molecule has 1 N–H and O–H groups in total. The summed E-state index contributed by atoms with van der Waals surface area (Å²) in [5.41, 5.74) is 0.707. The second-order valence-electron chi connectivity index (χ2n) is 5.39. The van der Waals surface area contributed by atoms with E-state index in [4.69, 9.17) is 27.9 Å². The van der Waals surface area contributed by atoms with Crippen LogP contribution in [0.4, 0.5) is 0 Å². The van der Waals surface area contributed by atoms with E-state index >= 15 is 0 Å². The summed E-state index contributed by atoms with van der Waals surface area (Å²) in [5.74, 6) is -1.40. The van der Waals surface area contributed by atoms with Gasteiger partial charge in [-0.1, -0.05) is 35.3 Å². The molecule has 0 aliphatic rings. The highest BCUT2D eigenvalue weighted by Gasteiger charge is 2.17. The van der Waals surface area contributed by atoms with E-state index in [0.717, 1.165) is 17.9 Å². The minimum absolute atomic E-state index is 0.0315. The van der Waals surface area contributed by atoms with Crippen molar-refractivity contribution >= 4 is 44.9 Å². The summed E-state index contributed by atoms with van der Waals surface area (Å²) < 4.78 is 28.0. The van der Waals surface area contributed by atoms with Gasteiger partial charge in [-0.2, -0.15) is 0 Å². The molecule has 9 heteroatoms. The molecule has 0 spiro atoms. The molecule has 0 aromatic heterocycles. The number of carbonyl (C=O) groups is 2. The Labute approximate surface area is 161 Å². The first-order valence-electron chi connectivity index (χ1n) is 7.34. The number of carbonyl (C=O) groups excluding carboxylic acids is 2. The highest BCUT2D eigenvalue weighted by Crippen LogP contribution is 2.21. The normalized spacial score (nSPS) is 11.0. The fraction of sp³-hybridized carbons (Fsp3) is 0.176. The van der Waals surface area contributed by atoms with E-state index in [-0.39, 0.29) is 22.0 Å². The summed E-state index contributed by atoms with van der Waals surface area (Å²) in [5, 5.41) is 3.20. The zero-order valence-corrected chi connectivity index (χ0v) is 16.0. The minimum Gasteiger partial charge on any atom is -0.452 e. The van der Waals surface area contributed by atoms with Gasteiger partial charge in [0.15, 0.2) is 16.4 Å². The van der Waals surface area contributed by atoms with E-state index < -0.39 is 28.3 Å². The molecule has 0 saturated heterocycles. The van der Waals surface area contributed by atoms with Crippen LogP contribution in [-0.2, 0) is 25.9 Å².